The van der Waals surface area contributed by atoms with Crippen LogP contribution in [0.1, 0.15) is 31.0 Å². The number of hydrogen-bond donors (Lipinski definition) is 2. The van der Waals surface area contributed by atoms with Crippen molar-refractivity contribution in [3.8, 4) is 5.82 Å². The monoisotopic (exact) mass is 533 g/mol. The molecule has 2 heterocycles. The summed E-state index contributed by atoms with van der Waals surface area (Å²) in [5, 5.41) is 6.87. The van der Waals surface area contributed by atoms with E-state index in [0.717, 1.165) is 37.0 Å². The average molecular weight is 533 g/mol. The van der Waals surface area contributed by atoms with Gasteiger partial charge in [0.05, 0.1) is 6.04 Å². The minimum Gasteiger partial charge on any atom is -0.354 e. The lowest BCUT2D eigenvalue weighted by atomic mass is 10.1. The topological polar surface area (TPSA) is 70.4 Å². The highest BCUT2D eigenvalue weighted by Gasteiger charge is 2.18. The van der Waals surface area contributed by atoms with Gasteiger partial charge in [0.2, 0.25) is 0 Å². The van der Waals surface area contributed by atoms with Crippen molar-refractivity contribution in [2.24, 2.45) is 4.99 Å². The van der Waals surface area contributed by atoms with Crippen molar-refractivity contribution in [1.29, 1.82) is 0 Å². The fourth-order valence-corrected chi connectivity index (χ4v) is 3.47. The van der Waals surface area contributed by atoms with Gasteiger partial charge in [-0.2, -0.15) is 0 Å². The zero-order valence-corrected chi connectivity index (χ0v) is 20.7. The molecule has 31 heavy (non-hydrogen) atoms. The molecule has 3 rings (SSSR count). The molecule has 0 spiro atoms. The summed E-state index contributed by atoms with van der Waals surface area (Å²) >= 11 is 0. The van der Waals surface area contributed by atoms with Crippen LogP contribution in [0.25, 0.3) is 5.82 Å². The zero-order chi connectivity index (χ0) is 21.2. The van der Waals surface area contributed by atoms with Gasteiger partial charge in [-0.15, -0.1) is 24.0 Å². The van der Waals surface area contributed by atoms with E-state index >= 15 is 0 Å². The first-order chi connectivity index (χ1) is 14.7. The van der Waals surface area contributed by atoms with E-state index in [2.05, 4.69) is 80.7 Å². The van der Waals surface area contributed by atoms with Gasteiger partial charge >= 0.3 is 0 Å². The fourth-order valence-electron chi connectivity index (χ4n) is 3.47. The molecule has 166 valence electrons. The summed E-state index contributed by atoms with van der Waals surface area (Å²) in [7, 11) is 1.80. The Bertz CT molecular complexity index is 891. The Balaban J connectivity index is 0.00000341. The highest BCUT2D eigenvalue weighted by molar-refractivity contribution is 14.0. The first-order valence-corrected chi connectivity index (χ1v) is 10.4. The normalized spacial score (nSPS) is 12.3. The average Bonchev–Trinajstić information content (AvgIpc) is 3.34. The predicted octanol–water partition coefficient (Wildman–Crippen LogP) is 3.63. The summed E-state index contributed by atoms with van der Waals surface area (Å²) in [5.41, 5.74) is 2.40. The molecule has 2 N–H and O–H groups in total. The molecule has 0 aliphatic heterocycles. The molecule has 0 bridgehead atoms. The molecule has 1 atom stereocenters. The molecule has 0 radical (unpaired) electrons. The smallest absolute Gasteiger partial charge is 0.191 e. The molecule has 0 amide bonds. The number of aromatic nitrogens is 3. The Morgan fingerprint density at radius 1 is 1.10 bits per heavy atom. The van der Waals surface area contributed by atoms with Crippen molar-refractivity contribution < 1.29 is 0 Å². The van der Waals surface area contributed by atoms with Crippen LogP contribution in [0.4, 0.5) is 0 Å². The molecule has 2 aromatic heterocycles. The number of benzene rings is 1. The number of hydrogen-bond acceptors (Lipinski definition) is 4. The summed E-state index contributed by atoms with van der Waals surface area (Å²) in [6, 6.07) is 15.0. The SMILES string of the molecule is CCN(CC)C(CNC(=NC)NCc1ccc(-n2ccnc2)nc1)c1ccccc1.I. The van der Waals surface area contributed by atoms with Crippen LogP contribution in [0, 0.1) is 0 Å². The van der Waals surface area contributed by atoms with E-state index < -0.39 is 0 Å². The van der Waals surface area contributed by atoms with Crippen molar-refractivity contribution in [3.63, 3.8) is 0 Å². The minimum atomic E-state index is 0. The number of imidazole rings is 1. The summed E-state index contributed by atoms with van der Waals surface area (Å²) in [6.07, 6.45) is 7.24. The number of nitrogens with one attached hydrogen (secondary N) is 2. The van der Waals surface area contributed by atoms with Gasteiger partial charge < -0.3 is 10.6 Å². The first-order valence-electron chi connectivity index (χ1n) is 10.4. The van der Waals surface area contributed by atoms with Gasteiger partial charge in [-0.25, -0.2) is 9.97 Å². The van der Waals surface area contributed by atoms with E-state index in [9.17, 15) is 0 Å². The van der Waals surface area contributed by atoms with Crippen molar-refractivity contribution in [2.45, 2.75) is 26.4 Å². The van der Waals surface area contributed by atoms with E-state index in [4.69, 9.17) is 0 Å². The Labute approximate surface area is 202 Å². The van der Waals surface area contributed by atoms with E-state index in [1.165, 1.54) is 5.56 Å². The molecule has 7 nitrogen and oxygen atoms in total. The molecule has 0 fully saturated rings. The molecule has 1 aromatic carbocycles. The Hall–Kier alpha value is -2.46. The van der Waals surface area contributed by atoms with Crippen LogP contribution >= 0.6 is 24.0 Å². The summed E-state index contributed by atoms with van der Waals surface area (Å²) < 4.78 is 1.88. The standard InChI is InChI=1S/C23H31N7.HI/c1-4-29(5-2)21(20-9-7-6-8-10-20)17-28-23(24-3)27-16-19-11-12-22(26-15-19)30-14-13-25-18-30;/h6-15,18,21H,4-5,16-17H2,1-3H3,(H2,24,27,28);1H. The minimum absolute atomic E-state index is 0. The number of halogens is 1. The van der Waals surface area contributed by atoms with E-state index in [1.807, 2.05) is 23.0 Å². The second kappa shape index (κ2) is 13.1. The van der Waals surface area contributed by atoms with Crippen LogP contribution in [0.5, 0.6) is 0 Å². The molecular weight excluding hydrogens is 501 g/mol. The van der Waals surface area contributed by atoms with Crippen molar-refractivity contribution >= 4 is 29.9 Å². The maximum atomic E-state index is 4.50. The van der Waals surface area contributed by atoms with Gasteiger partial charge in [-0.1, -0.05) is 50.2 Å². The molecule has 8 heteroatoms. The Kier molecular flexibility index (Phi) is 10.5. The van der Waals surface area contributed by atoms with E-state index in [0.29, 0.717) is 6.54 Å². The first kappa shape index (κ1) is 24.8. The van der Waals surface area contributed by atoms with Crippen LogP contribution in [-0.2, 0) is 6.54 Å². The molecule has 3 aromatic rings. The predicted molar refractivity (Wildman–Crippen MR) is 137 cm³/mol. The summed E-state index contributed by atoms with van der Waals surface area (Å²) in [4.78, 5) is 15.4. The summed E-state index contributed by atoms with van der Waals surface area (Å²) in [6.45, 7) is 7.83. The number of rotatable bonds is 9. The van der Waals surface area contributed by atoms with Gasteiger partial charge in [-0.05, 0) is 30.3 Å². The molecule has 0 saturated carbocycles. The van der Waals surface area contributed by atoms with Crippen LogP contribution in [0.15, 0.2) is 72.4 Å². The lowest BCUT2D eigenvalue weighted by Crippen LogP contribution is -2.43. The lowest BCUT2D eigenvalue weighted by Gasteiger charge is -2.30. The van der Waals surface area contributed by atoms with Crippen molar-refractivity contribution in [1.82, 2.24) is 30.1 Å². The number of nitrogens with zero attached hydrogens (tertiary/aromatic N) is 5. The second-order valence-corrected chi connectivity index (χ2v) is 6.95. The largest absolute Gasteiger partial charge is 0.354 e. The van der Waals surface area contributed by atoms with E-state index in [-0.39, 0.29) is 30.0 Å². The fraction of sp³-hybridized carbons (Fsp3) is 0.348. The third-order valence-corrected chi connectivity index (χ3v) is 5.16. The quantitative estimate of drug-likeness (QED) is 0.250. The van der Waals surface area contributed by atoms with Crippen LogP contribution in [0.2, 0.25) is 0 Å². The van der Waals surface area contributed by atoms with Crippen LogP contribution in [0.3, 0.4) is 0 Å². The van der Waals surface area contributed by atoms with Crippen molar-refractivity contribution in [2.75, 3.05) is 26.7 Å². The highest BCUT2D eigenvalue weighted by atomic mass is 127. The maximum Gasteiger partial charge on any atom is 0.191 e. The number of likely N-dealkylation sites (N-methyl/N-ethyl adjacent to an activating group) is 1. The van der Waals surface area contributed by atoms with Crippen LogP contribution in [-0.4, -0.2) is 52.1 Å². The third-order valence-electron chi connectivity index (χ3n) is 5.16. The number of aliphatic imine (C=N–C) groups is 1. The van der Waals surface area contributed by atoms with Gasteiger partial charge in [-0.3, -0.25) is 14.5 Å². The maximum absolute atomic E-state index is 4.50. The van der Waals surface area contributed by atoms with Gasteiger partial charge in [0.25, 0.3) is 0 Å². The molecule has 0 aliphatic rings. The number of guanidine groups is 1. The van der Waals surface area contributed by atoms with Gasteiger partial charge in [0.15, 0.2) is 5.96 Å². The van der Waals surface area contributed by atoms with Gasteiger partial charge in [0, 0.05) is 38.7 Å². The molecule has 0 saturated heterocycles. The highest BCUT2D eigenvalue weighted by Crippen LogP contribution is 2.19. The van der Waals surface area contributed by atoms with Crippen LogP contribution < -0.4 is 10.6 Å². The molecule has 0 aliphatic carbocycles. The Morgan fingerprint density at radius 3 is 2.45 bits per heavy atom. The van der Waals surface area contributed by atoms with Gasteiger partial charge in [0.1, 0.15) is 12.1 Å². The van der Waals surface area contributed by atoms with E-state index in [1.54, 1.807) is 19.6 Å². The lowest BCUT2D eigenvalue weighted by molar-refractivity contribution is 0.219. The molecular formula is C23H32IN7. The molecule has 1 unspecified atom stereocenters. The third kappa shape index (κ3) is 7.03. The summed E-state index contributed by atoms with van der Waals surface area (Å²) in [5.74, 6) is 1.63. The Morgan fingerprint density at radius 2 is 1.87 bits per heavy atom. The number of pyridine rings is 1. The zero-order valence-electron chi connectivity index (χ0n) is 18.4. The second-order valence-electron chi connectivity index (χ2n) is 6.95. The van der Waals surface area contributed by atoms with Crippen molar-refractivity contribution in [3.05, 3.63) is 78.5 Å².